The van der Waals surface area contributed by atoms with E-state index in [0.717, 1.165) is 42.6 Å². The van der Waals surface area contributed by atoms with Gasteiger partial charge in [0.05, 0.1) is 27.1 Å². The number of rotatable bonds is 21. The summed E-state index contributed by atoms with van der Waals surface area (Å²) in [4.78, 5) is 12.6. The number of benzene rings is 2. The largest absolute Gasteiger partial charge is 0.455 e. The molecule has 4 nitrogen and oxygen atoms in total. The van der Waals surface area contributed by atoms with Gasteiger partial charge in [-0.1, -0.05) is 108 Å². The molecule has 0 saturated heterocycles. The second-order valence-electron chi connectivity index (χ2n) is 11.5. The SMILES string of the molecule is CCCCCCCCCCCc1ccc(OC(CCC)OC(=O)CCC[N+](C)(C)Cc2ccccc2)cc1. The Kier molecular flexibility index (Phi) is 15.8. The average Bonchev–Trinajstić information content (AvgIpc) is 2.89. The summed E-state index contributed by atoms with van der Waals surface area (Å²) in [5, 5.41) is 0. The standard InChI is InChI=1S/C34H54NO3/c1-5-7-8-9-10-11-12-13-15-20-30-24-26-32(27-25-30)37-34(19-6-2)38-33(36)23-18-28-35(3,4)29-31-21-16-14-17-22-31/h14,16-17,21-22,24-27,34H,5-13,15,18-20,23,28-29H2,1-4H3/q+1. The van der Waals surface area contributed by atoms with Crippen molar-refractivity contribution in [2.45, 2.75) is 117 Å². The number of nitrogens with zero attached hydrogens (tertiary/aromatic N) is 1. The summed E-state index contributed by atoms with van der Waals surface area (Å²) < 4.78 is 12.6. The van der Waals surface area contributed by atoms with Crippen molar-refractivity contribution in [2.24, 2.45) is 0 Å². The molecule has 212 valence electrons. The minimum atomic E-state index is -0.525. The Morgan fingerprint density at radius 2 is 1.37 bits per heavy atom. The van der Waals surface area contributed by atoms with Gasteiger partial charge in [-0.05, 0) is 37.0 Å². The Morgan fingerprint density at radius 1 is 0.737 bits per heavy atom. The van der Waals surface area contributed by atoms with Crippen LogP contribution in [0.25, 0.3) is 0 Å². The van der Waals surface area contributed by atoms with Crippen molar-refractivity contribution in [1.82, 2.24) is 0 Å². The van der Waals surface area contributed by atoms with Gasteiger partial charge in [-0.3, -0.25) is 4.79 Å². The maximum atomic E-state index is 12.6. The molecular formula is C34H54NO3+. The number of aryl methyl sites for hydroxylation is 1. The van der Waals surface area contributed by atoms with Crippen molar-refractivity contribution in [3.8, 4) is 5.75 Å². The summed E-state index contributed by atoms with van der Waals surface area (Å²) in [6.07, 6.45) is 15.6. The van der Waals surface area contributed by atoms with E-state index >= 15 is 0 Å². The first-order valence-corrected chi connectivity index (χ1v) is 15.2. The predicted octanol–water partition coefficient (Wildman–Crippen LogP) is 8.86. The fourth-order valence-electron chi connectivity index (χ4n) is 4.92. The van der Waals surface area contributed by atoms with Crippen LogP contribution in [0.5, 0.6) is 5.75 Å². The lowest BCUT2D eigenvalue weighted by atomic mass is 10.0. The van der Waals surface area contributed by atoms with E-state index in [9.17, 15) is 4.79 Å². The van der Waals surface area contributed by atoms with Gasteiger partial charge in [0.1, 0.15) is 12.3 Å². The maximum absolute atomic E-state index is 12.6. The molecule has 0 aromatic heterocycles. The summed E-state index contributed by atoms with van der Waals surface area (Å²) in [5.74, 6) is 0.595. The molecule has 0 radical (unpaired) electrons. The molecule has 38 heavy (non-hydrogen) atoms. The fraction of sp³-hybridized carbons (Fsp3) is 0.618. The minimum absolute atomic E-state index is 0.176. The lowest BCUT2D eigenvalue weighted by Gasteiger charge is -2.30. The van der Waals surface area contributed by atoms with Crippen LogP contribution in [-0.2, 0) is 22.5 Å². The number of carbonyl (C=O) groups excluding carboxylic acids is 1. The molecule has 2 aromatic carbocycles. The summed E-state index contributed by atoms with van der Waals surface area (Å²) in [5.41, 5.74) is 2.66. The number of carbonyl (C=O) groups is 1. The van der Waals surface area contributed by atoms with Crippen molar-refractivity contribution < 1.29 is 18.8 Å². The molecule has 1 atom stereocenters. The van der Waals surface area contributed by atoms with Gasteiger partial charge in [-0.25, -0.2) is 0 Å². The van der Waals surface area contributed by atoms with E-state index in [4.69, 9.17) is 9.47 Å². The van der Waals surface area contributed by atoms with Gasteiger partial charge in [0, 0.05) is 18.4 Å². The first kappa shape index (κ1) is 31.9. The second kappa shape index (κ2) is 18.8. The molecule has 1 unspecified atom stereocenters. The van der Waals surface area contributed by atoms with Crippen molar-refractivity contribution in [3.63, 3.8) is 0 Å². The van der Waals surface area contributed by atoms with Gasteiger partial charge in [0.15, 0.2) is 0 Å². The zero-order valence-corrected chi connectivity index (χ0v) is 24.8. The third-order valence-electron chi connectivity index (χ3n) is 7.14. The number of unbranched alkanes of at least 4 members (excludes halogenated alkanes) is 8. The Labute approximate surface area is 233 Å². The van der Waals surface area contributed by atoms with Crippen LogP contribution in [0.3, 0.4) is 0 Å². The average molecular weight is 525 g/mol. The highest BCUT2D eigenvalue weighted by Crippen LogP contribution is 2.19. The van der Waals surface area contributed by atoms with Crippen LogP contribution in [0, 0.1) is 0 Å². The number of esters is 1. The van der Waals surface area contributed by atoms with Crippen LogP contribution < -0.4 is 4.74 Å². The van der Waals surface area contributed by atoms with Gasteiger partial charge in [0.25, 0.3) is 0 Å². The topological polar surface area (TPSA) is 35.5 Å². The first-order valence-electron chi connectivity index (χ1n) is 15.2. The zero-order chi connectivity index (χ0) is 27.5. The Balaban J connectivity index is 1.66. The van der Waals surface area contributed by atoms with Crippen LogP contribution in [0.2, 0.25) is 0 Å². The van der Waals surface area contributed by atoms with E-state index in [1.807, 2.05) is 18.2 Å². The van der Waals surface area contributed by atoms with E-state index in [1.165, 1.54) is 68.9 Å². The number of ether oxygens (including phenoxy) is 2. The van der Waals surface area contributed by atoms with E-state index < -0.39 is 6.29 Å². The quantitative estimate of drug-likeness (QED) is 0.0708. The number of quaternary nitrogens is 1. The Hall–Kier alpha value is -2.33. The fourth-order valence-corrected chi connectivity index (χ4v) is 4.92. The van der Waals surface area contributed by atoms with Gasteiger partial charge in [-0.2, -0.15) is 0 Å². The van der Waals surface area contributed by atoms with Crippen molar-refractivity contribution in [1.29, 1.82) is 0 Å². The molecule has 4 heteroatoms. The molecule has 0 aliphatic carbocycles. The van der Waals surface area contributed by atoms with Gasteiger partial charge >= 0.3 is 5.97 Å². The maximum Gasteiger partial charge on any atom is 0.309 e. The molecule has 0 heterocycles. The predicted molar refractivity (Wildman–Crippen MR) is 159 cm³/mol. The molecule has 0 N–H and O–H groups in total. The van der Waals surface area contributed by atoms with Crippen molar-refractivity contribution >= 4 is 5.97 Å². The first-order chi connectivity index (χ1) is 18.4. The van der Waals surface area contributed by atoms with Gasteiger partial charge < -0.3 is 14.0 Å². The van der Waals surface area contributed by atoms with E-state index in [0.29, 0.717) is 12.8 Å². The third kappa shape index (κ3) is 14.6. The van der Waals surface area contributed by atoms with Crippen LogP contribution in [-0.4, -0.2) is 37.4 Å². The van der Waals surface area contributed by atoms with Crippen LogP contribution in [0.1, 0.15) is 108 Å². The highest BCUT2D eigenvalue weighted by Gasteiger charge is 2.19. The summed E-state index contributed by atoms with van der Waals surface area (Å²) >= 11 is 0. The highest BCUT2D eigenvalue weighted by atomic mass is 16.7. The number of hydrogen-bond donors (Lipinski definition) is 0. The zero-order valence-electron chi connectivity index (χ0n) is 24.8. The number of hydrogen-bond acceptors (Lipinski definition) is 3. The molecule has 0 bridgehead atoms. The third-order valence-corrected chi connectivity index (χ3v) is 7.14. The Bertz CT molecular complexity index is 863. The molecule has 0 saturated carbocycles. The van der Waals surface area contributed by atoms with Crippen LogP contribution in [0.15, 0.2) is 54.6 Å². The Morgan fingerprint density at radius 3 is 2.00 bits per heavy atom. The summed E-state index contributed by atoms with van der Waals surface area (Å²) in [6.45, 7) is 6.23. The van der Waals surface area contributed by atoms with Crippen LogP contribution in [0.4, 0.5) is 0 Å². The lowest BCUT2D eigenvalue weighted by molar-refractivity contribution is -0.903. The van der Waals surface area contributed by atoms with Crippen molar-refractivity contribution in [3.05, 3.63) is 65.7 Å². The van der Waals surface area contributed by atoms with Crippen molar-refractivity contribution in [2.75, 3.05) is 20.6 Å². The normalized spacial score (nSPS) is 12.3. The van der Waals surface area contributed by atoms with Crippen LogP contribution >= 0.6 is 0 Å². The summed E-state index contributed by atoms with van der Waals surface area (Å²) in [6, 6.07) is 18.8. The molecule has 2 rings (SSSR count). The van der Waals surface area contributed by atoms with Gasteiger partial charge in [-0.15, -0.1) is 0 Å². The smallest absolute Gasteiger partial charge is 0.309 e. The molecule has 0 aliphatic heterocycles. The van der Waals surface area contributed by atoms with E-state index in [-0.39, 0.29) is 5.97 Å². The molecular weight excluding hydrogens is 470 g/mol. The van der Waals surface area contributed by atoms with E-state index in [1.54, 1.807) is 0 Å². The molecule has 0 spiro atoms. The highest BCUT2D eigenvalue weighted by molar-refractivity contribution is 5.69. The monoisotopic (exact) mass is 524 g/mol. The minimum Gasteiger partial charge on any atom is -0.455 e. The summed E-state index contributed by atoms with van der Waals surface area (Å²) in [7, 11) is 4.42. The molecule has 0 aliphatic rings. The molecule has 0 amide bonds. The van der Waals surface area contributed by atoms with Gasteiger partial charge in [0.2, 0.25) is 6.29 Å². The lowest BCUT2D eigenvalue weighted by Crippen LogP contribution is -2.39. The van der Waals surface area contributed by atoms with E-state index in [2.05, 4.69) is 64.3 Å². The second-order valence-corrected chi connectivity index (χ2v) is 11.5. The molecule has 0 fully saturated rings. The molecule has 2 aromatic rings.